The van der Waals surface area contributed by atoms with Crippen molar-refractivity contribution in [2.45, 2.75) is 17.9 Å². The summed E-state index contributed by atoms with van der Waals surface area (Å²) in [5.74, 6) is -0.0515. The van der Waals surface area contributed by atoms with Crippen LogP contribution in [0.5, 0.6) is 11.5 Å². The maximum absolute atomic E-state index is 12.9. The van der Waals surface area contributed by atoms with Crippen molar-refractivity contribution in [1.82, 2.24) is 4.31 Å². The minimum atomic E-state index is -3.70. The number of carbonyl (C=O) groups excluding carboxylic acids is 2. The number of nitrogens with zero attached hydrogens (tertiary/aromatic N) is 2. The average molecular weight is 433 g/mol. The minimum absolute atomic E-state index is 0.00358. The van der Waals surface area contributed by atoms with Crippen LogP contribution in [0.15, 0.2) is 47.4 Å². The maximum atomic E-state index is 12.9. The Morgan fingerprint density at radius 3 is 2.53 bits per heavy atom. The van der Waals surface area contributed by atoms with Gasteiger partial charge in [0.05, 0.1) is 29.9 Å². The Morgan fingerprint density at radius 2 is 1.90 bits per heavy atom. The van der Waals surface area contributed by atoms with E-state index in [4.69, 9.17) is 9.47 Å². The fraction of sp³-hybridized carbons (Fsp3) is 0.300. The second kappa shape index (κ2) is 8.33. The summed E-state index contributed by atoms with van der Waals surface area (Å²) >= 11 is 0. The van der Waals surface area contributed by atoms with Crippen LogP contribution in [0.1, 0.15) is 6.92 Å². The van der Waals surface area contributed by atoms with Crippen molar-refractivity contribution in [3.8, 4) is 11.5 Å². The molecule has 0 aromatic heterocycles. The molecule has 2 aromatic carbocycles. The number of hydrogen-bond donors (Lipinski definition) is 1. The Balaban J connectivity index is 1.90. The lowest BCUT2D eigenvalue weighted by atomic mass is 10.1. The number of para-hydroxylation sites is 2. The molecule has 3 rings (SSSR count). The number of methoxy groups -OCH3 is 1. The van der Waals surface area contributed by atoms with E-state index in [2.05, 4.69) is 5.32 Å². The third-order valence-corrected chi connectivity index (χ3v) is 6.46. The molecule has 2 amide bonds. The summed E-state index contributed by atoms with van der Waals surface area (Å²) in [5, 5.41) is 2.66. The van der Waals surface area contributed by atoms with E-state index in [9.17, 15) is 18.0 Å². The molecule has 1 aliphatic heterocycles. The lowest BCUT2D eigenvalue weighted by Crippen LogP contribution is -2.48. The quantitative estimate of drug-likeness (QED) is 0.770. The molecule has 0 saturated carbocycles. The van der Waals surface area contributed by atoms with Crippen molar-refractivity contribution < 1.29 is 27.5 Å². The van der Waals surface area contributed by atoms with Gasteiger partial charge >= 0.3 is 0 Å². The number of fused-ring (bicyclic) bond motifs is 1. The van der Waals surface area contributed by atoms with Gasteiger partial charge in [0.1, 0.15) is 11.5 Å². The first kappa shape index (κ1) is 21.6. The smallest absolute Gasteiger partial charge is 0.267 e. The second-order valence-electron chi connectivity index (χ2n) is 6.84. The van der Waals surface area contributed by atoms with Crippen molar-refractivity contribution in [3.63, 3.8) is 0 Å². The van der Waals surface area contributed by atoms with Gasteiger partial charge in [-0.05, 0) is 30.3 Å². The molecular formula is C20H23N3O6S. The number of anilines is 2. The average Bonchev–Trinajstić information content (AvgIpc) is 2.72. The van der Waals surface area contributed by atoms with Gasteiger partial charge in [-0.1, -0.05) is 12.1 Å². The summed E-state index contributed by atoms with van der Waals surface area (Å²) in [6, 6.07) is 11.1. The van der Waals surface area contributed by atoms with Crippen LogP contribution < -0.4 is 19.7 Å². The number of nitrogens with one attached hydrogen (secondary N) is 1. The highest BCUT2D eigenvalue weighted by molar-refractivity contribution is 7.89. The van der Waals surface area contributed by atoms with Gasteiger partial charge in [-0.25, -0.2) is 12.7 Å². The van der Waals surface area contributed by atoms with E-state index in [1.165, 1.54) is 51.2 Å². The molecule has 2 aromatic rings. The minimum Gasteiger partial charge on any atom is -0.495 e. The number of hydrogen-bond acceptors (Lipinski definition) is 6. The van der Waals surface area contributed by atoms with Crippen LogP contribution in [-0.4, -0.2) is 58.4 Å². The third kappa shape index (κ3) is 4.10. The summed E-state index contributed by atoms with van der Waals surface area (Å²) in [5.41, 5.74) is 0.771. The van der Waals surface area contributed by atoms with Crippen LogP contribution in [-0.2, 0) is 19.6 Å². The SMILES string of the molecule is COc1ccc(S(=O)(=O)N(C)C)cc1NC(=O)[C@H]1CN(C(C)=O)c2ccccc2O1. The molecule has 0 aliphatic carbocycles. The highest BCUT2D eigenvalue weighted by Crippen LogP contribution is 2.34. The molecule has 30 heavy (non-hydrogen) atoms. The maximum Gasteiger partial charge on any atom is 0.267 e. The van der Waals surface area contributed by atoms with Gasteiger partial charge < -0.3 is 19.7 Å². The molecule has 0 saturated heterocycles. The molecule has 1 aliphatic rings. The molecular weight excluding hydrogens is 410 g/mol. The zero-order valence-corrected chi connectivity index (χ0v) is 17.9. The number of rotatable bonds is 5. The summed E-state index contributed by atoms with van der Waals surface area (Å²) in [6.07, 6.45) is -0.984. The van der Waals surface area contributed by atoms with Crippen LogP contribution in [0.4, 0.5) is 11.4 Å². The molecule has 160 valence electrons. The van der Waals surface area contributed by atoms with E-state index < -0.39 is 22.0 Å². The van der Waals surface area contributed by atoms with Crippen molar-refractivity contribution in [1.29, 1.82) is 0 Å². The first-order chi connectivity index (χ1) is 14.1. The molecule has 0 bridgehead atoms. The molecule has 9 nitrogen and oxygen atoms in total. The molecule has 0 unspecified atom stereocenters. The van der Waals surface area contributed by atoms with Gasteiger partial charge in [0.15, 0.2) is 6.10 Å². The van der Waals surface area contributed by atoms with Crippen LogP contribution >= 0.6 is 0 Å². The Bertz CT molecular complexity index is 1080. The summed E-state index contributed by atoms with van der Waals surface area (Å²) in [7, 11) is 0.546. The lowest BCUT2D eigenvalue weighted by Gasteiger charge is -2.33. The number of benzene rings is 2. The molecule has 1 atom stereocenters. The summed E-state index contributed by atoms with van der Waals surface area (Å²) < 4.78 is 37.0. The Morgan fingerprint density at radius 1 is 1.20 bits per heavy atom. The number of carbonyl (C=O) groups is 2. The van der Waals surface area contributed by atoms with Crippen molar-refractivity contribution in [2.75, 3.05) is 38.0 Å². The zero-order valence-electron chi connectivity index (χ0n) is 17.1. The normalized spacial score (nSPS) is 15.9. The van der Waals surface area contributed by atoms with E-state index in [0.717, 1.165) is 4.31 Å². The number of amides is 2. The third-order valence-electron chi connectivity index (χ3n) is 4.65. The van der Waals surface area contributed by atoms with Gasteiger partial charge in [-0.15, -0.1) is 0 Å². The largest absolute Gasteiger partial charge is 0.495 e. The van der Waals surface area contributed by atoms with Crippen molar-refractivity contribution in [2.24, 2.45) is 0 Å². The van der Waals surface area contributed by atoms with Gasteiger partial charge in [0.25, 0.3) is 5.91 Å². The van der Waals surface area contributed by atoms with Crippen LogP contribution in [0, 0.1) is 0 Å². The highest BCUT2D eigenvalue weighted by atomic mass is 32.2. The Kier molecular flexibility index (Phi) is 5.99. The standard InChI is InChI=1S/C20H23N3O6S/c1-13(24)23-12-19(29-18-8-6-5-7-16(18)23)20(25)21-15-11-14(9-10-17(15)28-4)30(26,27)22(2)3/h5-11,19H,12H2,1-4H3,(H,21,25)/t19-/m1/s1. The van der Waals surface area contributed by atoms with E-state index in [1.54, 1.807) is 24.3 Å². The molecule has 1 heterocycles. The predicted molar refractivity (Wildman–Crippen MR) is 111 cm³/mol. The van der Waals surface area contributed by atoms with Crippen LogP contribution in [0.3, 0.4) is 0 Å². The molecule has 10 heteroatoms. The van der Waals surface area contributed by atoms with E-state index in [-0.39, 0.29) is 23.0 Å². The summed E-state index contributed by atoms with van der Waals surface area (Å²) in [6.45, 7) is 1.44. The zero-order chi connectivity index (χ0) is 22.1. The van der Waals surface area contributed by atoms with Gasteiger partial charge in [-0.2, -0.15) is 0 Å². The topological polar surface area (TPSA) is 105 Å². The Hall–Kier alpha value is -3.11. The number of sulfonamides is 1. The molecule has 1 N–H and O–H groups in total. The molecule has 0 radical (unpaired) electrons. The van der Waals surface area contributed by atoms with E-state index in [0.29, 0.717) is 17.2 Å². The van der Waals surface area contributed by atoms with Gasteiger partial charge in [-0.3, -0.25) is 9.59 Å². The second-order valence-corrected chi connectivity index (χ2v) is 8.99. The monoisotopic (exact) mass is 433 g/mol. The summed E-state index contributed by atoms with van der Waals surface area (Å²) in [4.78, 5) is 26.4. The highest BCUT2D eigenvalue weighted by Gasteiger charge is 2.33. The van der Waals surface area contributed by atoms with E-state index >= 15 is 0 Å². The lowest BCUT2D eigenvalue weighted by molar-refractivity contribution is -0.123. The van der Waals surface area contributed by atoms with Crippen molar-refractivity contribution >= 4 is 33.2 Å². The van der Waals surface area contributed by atoms with Crippen molar-refractivity contribution in [3.05, 3.63) is 42.5 Å². The predicted octanol–water partition coefficient (Wildman–Crippen LogP) is 1.70. The fourth-order valence-electron chi connectivity index (χ4n) is 3.04. The van der Waals surface area contributed by atoms with Crippen LogP contribution in [0.25, 0.3) is 0 Å². The number of ether oxygens (including phenoxy) is 2. The van der Waals surface area contributed by atoms with Crippen LogP contribution in [0.2, 0.25) is 0 Å². The fourth-order valence-corrected chi connectivity index (χ4v) is 3.97. The van der Waals surface area contributed by atoms with E-state index in [1.807, 2.05) is 0 Å². The molecule has 0 fully saturated rings. The van der Waals surface area contributed by atoms with Gasteiger partial charge in [0.2, 0.25) is 15.9 Å². The Labute approximate surface area is 175 Å². The molecule has 0 spiro atoms. The van der Waals surface area contributed by atoms with Gasteiger partial charge in [0, 0.05) is 21.0 Å². The first-order valence-electron chi connectivity index (χ1n) is 9.10. The first-order valence-corrected chi connectivity index (χ1v) is 10.5.